The second-order valence-electron chi connectivity index (χ2n) is 7.16. The summed E-state index contributed by atoms with van der Waals surface area (Å²) in [6.07, 6.45) is 2.61. The molecule has 0 spiro atoms. The maximum atomic E-state index is 12.4. The molecule has 0 saturated carbocycles. The molecule has 3 rings (SSSR count). The molecule has 0 unspecified atom stereocenters. The summed E-state index contributed by atoms with van der Waals surface area (Å²) in [7, 11) is -3.47. The van der Waals surface area contributed by atoms with Gasteiger partial charge in [0.2, 0.25) is 15.9 Å². The number of carbonyl (C=O) groups is 1. The van der Waals surface area contributed by atoms with Crippen LogP contribution >= 0.6 is 11.6 Å². The van der Waals surface area contributed by atoms with E-state index in [9.17, 15) is 13.2 Å². The fourth-order valence-electron chi connectivity index (χ4n) is 3.36. The van der Waals surface area contributed by atoms with E-state index in [1.165, 1.54) is 10.6 Å². The number of halogens is 1. The van der Waals surface area contributed by atoms with Crippen LogP contribution in [0.5, 0.6) is 0 Å². The number of anilines is 1. The fourth-order valence-corrected chi connectivity index (χ4v) is 4.46. The minimum atomic E-state index is -3.47. The molecule has 1 amide bonds. The summed E-state index contributed by atoms with van der Waals surface area (Å²) in [6, 6.07) is 20.8. The van der Waals surface area contributed by atoms with Gasteiger partial charge in [-0.2, -0.15) is 0 Å². The van der Waals surface area contributed by atoms with E-state index >= 15 is 0 Å². The number of sulfonamides is 1. The maximum absolute atomic E-state index is 12.4. The van der Waals surface area contributed by atoms with Gasteiger partial charge in [-0.15, -0.1) is 0 Å². The molecule has 3 aromatic carbocycles. The zero-order valence-electron chi connectivity index (χ0n) is 16.8. The third-order valence-corrected chi connectivity index (χ3v) is 6.28. The Morgan fingerprint density at radius 2 is 1.70 bits per heavy atom. The number of carbonyl (C=O) groups excluding carboxylic acids is 1. The molecule has 0 aliphatic heterocycles. The van der Waals surface area contributed by atoms with Crippen molar-refractivity contribution in [3.8, 4) is 0 Å². The van der Waals surface area contributed by atoms with Gasteiger partial charge in [-0.05, 0) is 42.0 Å². The zero-order chi connectivity index (χ0) is 21.6. The lowest BCUT2D eigenvalue weighted by Gasteiger charge is -2.24. The van der Waals surface area contributed by atoms with Crippen LogP contribution in [-0.2, 0) is 21.2 Å². The summed E-state index contributed by atoms with van der Waals surface area (Å²) in [5.41, 5.74) is 1.73. The number of benzene rings is 3. The molecule has 158 valence electrons. The number of amides is 1. The smallest absolute Gasteiger partial charge is 0.232 e. The van der Waals surface area contributed by atoms with Gasteiger partial charge in [-0.25, -0.2) is 8.42 Å². The molecular weight excluding hydrogens is 420 g/mol. The summed E-state index contributed by atoms with van der Waals surface area (Å²) in [5, 5.41) is 5.42. The van der Waals surface area contributed by atoms with Crippen molar-refractivity contribution in [3.05, 3.63) is 77.3 Å². The van der Waals surface area contributed by atoms with Gasteiger partial charge in [0.05, 0.1) is 11.9 Å². The zero-order valence-corrected chi connectivity index (χ0v) is 18.4. The Hall–Kier alpha value is -2.57. The average Bonchev–Trinajstić information content (AvgIpc) is 2.71. The highest BCUT2D eigenvalue weighted by Gasteiger charge is 2.19. The summed E-state index contributed by atoms with van der Waals surface area (Å²) in [4.78, 5) is 12.2. The average molecular weight is 445 g/mol. The Morgan fingerprint density at radius 3 is 2.43 bits per heavy atom. The molecular formula is C23H25ClN2O3S. The predicted molar refractivity (Wildman–Crippen MR) is 124 cm³/mol. The molecule has 3 aromatic rings. The number of nitrogens with one attached hydrogen (secondary N) is 1. The molecule has 5 nitrogen and oxygen atoms in total. The van der Waals surface area contributed by atoms with Crippen LogP contribution in [0.3, 0.4) is 0 Å². The van der Waals surface area contributed by atoms with Crippen molar-refractivity contribution in [1.29, 1.82) is 0 Å². The van der Waals surface area contributed by atoms with Gasteiger partial charge in [0.25, 0.3) is 0 Å². The van der Waals surface area contributed by atoms with Gasteiger partial charge >= 0.3 is 0 Å². The predicted octanol–water partition coefficient (Wildman–Crippen LogP) is 4.40. The van der Waals surface area contributed by atoms with Crippen molar-refractivity contribution in [2.45, 2.75) is 19.3 Å². The third kappa shape index (κ3) is 5.97. The second-order valence-corrected chi connectivity index (χ2v) is 9.51. The van der Waals surface area contributed by atoms with E-state index in [0.29, 0.717) is 30.1 Å². The van der Waals surface area contributed by atoms with Crippen molar-refractivity contribution >= 4 is 44.0 Å². The van der Waals surface area contributed by atoms with Crippen LogP contribution in [0.1, 0.15) is 18.4 Å². The Bertz CT molecular complexity index is 1110. The molecule has 1 N–H and O–H groups in total. The molecule has 0 fully saturated rings. The summed E-state index contributed by atoms with van der Waals surface area (Å²) in [6.45, 7) is 0.775. The molecule has 7 heteroatoms. The van der Waals surface area contributed by atoms with Gasteiger partial charge in [-0.3, -0.25) is 9.10 Å². The summed E-state index contributed by atoms with van der Waals surface area (Å²) >= 11 is 5.87. The van der Waals surface area contributed by atoms with E-state index in [1.807, 2.05) is 60.7 Å². The van der Waals surface area contributed by atoms with Gasteiger partial charge < -0.3 is 5.32 Å². The minimum Gasteiger partial charge on any atom is -0.356 e. The van der Waals surface area contributed by atoms with E-state index in [-0.39, 0.29) is 18.9 Å². The molecule has 0 saturated heterocycles. The third-order valence-electron chi connectivity index (χ3n) is 4.85. The Balaban J connectivity index is 1.56. The molecule has 0 aliphatic carbocycles. The lowest BCUT2D eigenvalue weighted by Crippen LogP contribution is -2.32. The van der Waals surface area contributed by atoms with Gasteiger partial charge in [0.15, 0.2) is 0 Å². The highest BCUT2D eigenvalue weighted by molar-refractivity contribution is 7.92. The monoisotopic (exact) mass is 444 g/mol. The van der Waals surface area contributed by atoms with E-state index in [0.717, 1.165) is 16.3 Å². The molecule has 0 radical (unpaired) electrons. The summed E-state index contributed by atoms with van der Waals surface area (Å²) in [5.74, 6) is -0.0877. The van der Waals surface area contributed by atoms with Crippen molar-refractivity contribution in [3.63, 3.8) is 0 Å². The second kappa shape index (κ2) is 9.96. The Kier molecular flexibility index (Phi) is 7.34. The highest BCUT2D eigenvalue weighted by Crippen LogP contribution is 2.28. The first-order valence-electron chi connectivity index (χ1n) is 9.81. The van der Waals surface area contributed by atoms with E-state index in [2.05, 4.69) is 5.32 Å². The van der Waals surface area contributed by atoms with Gasteiger partial charge in [0, 0.05) is 29.9 Å². The van der Waals surface area contributed by atoms with Crippen LogP contribution in [-0.4, -0.2) is 33.7 Å². The molecule has 0 aromatic heterocycles. The van der Waals surface area contributed by atoms with E-state index in [1.54, 1.807) is 6.07 Å². The standard InChI is InChI=1S/C23H25ClN2O3S/c1-30(28,29)26(22-9-4-7-19-6-2-3-8-21(19)22)17-5-10-23(27)25-16-15-18-11-13-20(24)14-12-18/h2-4,6-9,11-14H,5,10,15-17H2,1H3,(H,25,27). The van der Waals surface area contributed by atoms with Crippen molar-refractivity contribution in [2.75, 3.05) is 23.7 Å². The molecule has 0 bridgehead atoms. The minimum absolute atomic E-state index is 0.0877. The molecule has 0 aliphatic rings. The Morgan fingerprint density at radius 1 is 1.00 bits per heavy atom. The van der Waals surface area contributed by atoms with Crippen LogP contribution < -0.4 is 9.62 Å². The van der Waals surface area contributed by atoms with Crippen LogP contribution in [0.2, 0.25) is 5.02 Å². The molecule has 0 heterocycles. The van der Waals surface area contributed by atoms with Crippen LogP contribution in [0.15, 0.2) is 66.7 Å². The first-order valence-corrected chi connectivity index (χ1v) is 12.0. The molecule has 0 atom stereocenters. The molecule has 30 heavy (non-hydrogen) atoms. The number of fused-ring (bicyclic) bond motifs is 1. The number of nitrogens with zero attached hydrogens (tertiary/aromatic N) is 1. The Labute approximate surface area is 182 Å². The van der Waals surface area contributed by atoms with E-state index < -0.39 is 10.0 Å². The van der Waals surface area contributed by atoms with Crippen molar-refractivity contribution in [2.24, 2.45) is 0 Å². The van der Waals surface area contributed by atoms with E-state index in [4.69, 9.17) is 11.6 Å². The summed E-state index contributed by atoms with van der Waals surface area (Å²) < 4.78 is 26.2. The first-order chi connectivity index (χ1) is 14.3. The number of rotatable bonds is 9. The van der Waals surface area contributed by atoms with Crippen molar-refractivity contribution in [1.82, 2.24) is 5.32 Å². The quantitative estimate of drug-likeness (QED) is 0.532. The fraction of sp³-hybridized carbons (Fsp3) is 0.261. The maximum Gasteiger partial charge on any atom is 0.232 e. The lowest BCUT2D eigenvalue weighted by molar-refractivity contribution is -0.121. The first kappa shape index (κ1) is 22.1. The van der Waals surface area contributed by atoms with Gasteiger partial charge in [-0.1, -0.05) is 60.1 Å². The van der Waals surface area contributed by atoms with Crippen molar-refractivity contribution < 1.29 is 13.2 Å². The topological polar surface area (TPSA) is 66.5 Å². The normalized spacial score (nSPS) is 11.4. The van der Waals surface area contributed by atoms with Crippen LogP contribution in [0.4, 0.5) is 5.69 Å². The largest absolute Gasteiger partial charge is 0.356 e. The SMILES string of the molecule is CS(=O)(=O)N(CCCC(=O)NCCc1ccc(Cl)cc1)c1cccc2ccccc12. The number of hydrogen-bond donors (Lipinski definition) is 1. The van der Waals surface area contributed by atoms with Crippen LogP contribution in [0, 0.1) is 0 Å². The number of hydrogen-bond acceptors (Lipinski definition) is 3. The lowest BCUT2D eigenvalue weighted by atomic mass is 10.1. The van der Waals surface area contributed by atoms with Crippen LogP contribution in [0.25, 0.3) is 10.8 Å². The highest BCUT2D eigenvalue weighted by atomic mass is 35.5. The van der Waals surface area contributed by atoms with Gasteiger partial charge in [0.1, 0.15) is 0 Å².